The van der Waals surface area contributed by atoms with Gasteiger partial charge in [0.1, 0.15) is 0 Å². The lowest BCUT2D eigenvalue weighted by molar-refractivity contribution is -0.142. The lowest BCUT2D eigenvalue weighted by Crippen LogP contribution is -2.23. The highest BCUT2D eigenvalue weighted by atomic mass is 16.4. The second-order valence-electron chi connectivity index (χ2n) is 6.67. The lowest BCUT2D eigenvalue weighted by Gasteiger charge is -2.15. The van der Waals surface area contributed by atoms with Crippen molar-refractivity contribution in [3.63, 3.8) is 0 Å². The molecule has 0 amide bonds. The van der Waals surface area contributed by atoms with E-state index >= 15 is 0 Å². The first-order valence-corrected chi connectivity index (χ1v) is 7.56. The third kappa shape index (κ3) is 2.43. The van der Waals surface area contributed by atoms with Gasteiger partial charge in [-0.1, -0.05) is 20.3 Å². The number of tetrazole rings is 1. The predicted molar refractivity (Wildman–Crippen MR) is 72.0 cm³/mol. The summed E-state index contributed by atoms with van der Waals surface area (Å²) in [6.07, 6.45) is 4.53. The van der Waals surface area contributed by atoms with Gasteiger partial charge in [0.15, 0.2) is 5.82 Å². The van der Waals surface area contributed by atoms with Crippen molar-refractivity contribution in [2.24, 2.45) is 23.7 Å². The van der Waals surface area contributed by atoms with Crippen molar-refractivity contribution in [1.29, 1.82) is 0 Å². The predicted octanol–water partition coefficient (Wildman–Crippen LogP) is 1.93. The van der Waals surface area contributed by atoms with Crippen LogP contribution in [0.5, 0.6) is 0 Å². The Kier molecular flexibility index (Phi) is 3.48. The molecule has 0 aromatic carbocycles. The van der Waals surface area contributed by atoms with Gasteiger partial charge in [-0.3, -0.25) is 4.79 Å². The quantitative estimate of drug-likeness (QED) is 0.860. The van der Waals surface area contributed by atoms with Crippen molar-refractivity contribution in [2.75, 3.05) is 0 Å². The van der Waals surface area contributed by atoms with Crippen LogP contribution < -0.4 is 0 Å². The molecule has 0 radical (unpaired) electrons. The fourth-order valence-corrected chi connectivity index (χ4v) is 3.82. The molecule has 3 rings (SSSR count). The Morgan fingerprint density at radius 3 is 2.70 bits per heavy atom. The van der Waals surface area contributed by atoms with Gasteiger partial charge < -0.3 is 5.11 Å². The fourth-order valence-electron chi connectivity index (χ4n) is 3.82. The summed E-state index contributed by atoms with van der Waals surface area (Å²) in [4.78, 5) is 11.4. The molecule has 1 heterocycles. The summed E-state index contributed by atoms with van der Waals surface area (Å²) < 4.78 is 1.74. The van der Waals surface area contributed by atoms with Gasteiger partial charge in [-0.05, 0) is 47.4 Å². The summed E-state index contributed by atoms with van der Waals surface area (Å²) in [5, 5.41) is 21.3. The molecule has 20 heavy (non-hydrogen) atoms. The summed E-state index contributed by atoms with van der Waals surface area (Å²) in [6.45, 7) is 4.48. The van der Waals surface area contributed by atoms with Crippen LogP contribution >= 0.6 is 0 Å². The van der Waals surface area contributed by atoms with Gasteiger partial charge in [0, 0.05) is 5.92 Å². The van der Waals surface area contributed by atoms with E-state index in [1.807, 2.05) is 13.8 Å². The number of rotatable bonds is 6. The molecule has 2 fully saturated rings. The average molecular weight is 278 g/mol. The Hall–Kier alpha value is -1.46. The van der Waals surface area contributed by atoms with E-state index in [4.69, 9.17) is 0 Å². The summed E-state index contributed by atoms with van der Waals surface area (Å²) in [5.74, 6) is 2.08. The molecular weight excluding hydrogens is 256 g/mol. The van der Waals surface area contributed by atoms with Gasteiger partial charge in [0.05, 0.1) is 12.5 Å². The first-order chi connectivity index (χ1) is 9.58. The van der Waals surface area contributed by atoms with Gasteiger partial charge in [-0.15, -0.1) is 5.10 Å². The second-order valence-corrected chi connectivity index (χ2v) is 6.67. The number of carboxylic acids is 1. The SMILES string of the molecule is CC(C)CC(Cn1nnnc1C1C2CCCC21)C(=O)O. The van der Waals surface area contributed by atoms with E-state index in [1.54, 1.807) is 4.68 Å². The molecule has 1 aromatic heterocycles. The minimum Gasteiger partial charge on any atom is -0.481 e. The minimum absolute atomic E-state index is 0.358. The van der Waals surface area contributed by atoms with Crippen LogP contribution in [0.3, 0.4) is 0 Å². The van der Waals surface area contributed by atoms with Crippen molar-refractivity contribution in [3.05, 3.63) is 5.82 Å². The van der Waals surface area contributed by atoms with E-state index < -0.39 is 11.9 Å². The lowest BCUT2D eigenvalue weighted by atomic mass is 9.97. The average Bonchev–Trinajstić information content (AvgIpc) is 2.81. The Labute approximate surface area is 118 Å². The van der Waals surface area contributed by atoms with Crippen molar-refractivity contribution < 1.29 is 9.90 Å². The maximum Gasteiger partial charge on any atom is 0.308 e. The largest absolute Gasteiger partial charge is 0.481 e. The Balaban J connectivity index is 1.71. The number of carbonyl (C=O) groups is 1. The van der Waals surface area contributed by atoms with Gasteiger partial charge in [0.2, 0.25) is 0 Å². The monoisotopic (exact) mass is 278 g/mol. The molecule has 0 aliphatic heterocycles. The van der Waals surface area contributed by atoms with E-state index in [0.29, 0.717) is 24.8 Å². The molecule has 2 aliphatic carbocycles. The van der Waals surface area contributed by atoms with Crippen molar-refractivity contribution in [3.8, 4) is 0 Å². The third-order valence-corrected chi connectivity index (χ3v) is 4.76. The summed E-state index contributed by atoms with van der Waals surface area (Å²) in [7, 11) is 0. The summed E-state index contributed by atoms with van der Waals surface area (Å²) in [6, 6.07) is 0. The van der Waals surface area contributed by atoms with E-state index in [0.717, 1.165) is 17.7 Å². The van der Waals surface area contributed by atoms with Gasteiger partial charge >= 0.3 is 5.97 Å². The maximum atomic E-state index is 11.4. The molecule has 1 N–H and O–H groups in total. The number of aromatic nitrogens is 4. The van der Waals surface area contributed by atoms with Gasteiger partial charge in [0.25, 0.3) is 0 Å². The highest BCUT2D eigenvalue weighted by Gasteiger charge is 2.55. The Morgan fingerprint density at radius 2 is 2.10 bits per heavy atom. The maximum absolute atomic E-state index is 11.4. The molecule has 0 saturated heterocycles. The van der Waals surface area contributed by atoms with Crippen LogP contribution in [0.4, 0.5) is 0 Å². The molecule has 6 heteroatoms. The van der Waals surface area contributed by atoms with Gasteiger partial charge in [-0.25, -0.2) is 4.68 Å². The summed E-state index contributed by atoms with van der Waals surface area (Å²) in [5.41, 5.74) is 0. The Bertz CT molecular complexity index is 489. The van der Waals surface area contributed by atoms with Crippen LogP contribution in [-0.2, 0) is 11.3 Å². The molecular formula is C14H22N4O2. The molecule has 3 atom stereocenters. The minimum atomic E-state index is -0.754. The fraction of sp³-hybridized carbons (Fsp3) is 0.857. The topological polar surface area (TPSA) is 80.9 Å². The van der Waals surface area contributed by atoms with Crippen LogP contribution in [0.2, 0.25) is 0 Å². The number of carboxylic acid groups (broad SMARTS) is 1. The first kappa shape index (κ1) is 13.5. The smallest absolute Gasteiger partial charge is 0.308 e. The molecule has 2 aliphatic rings. The molecule has 110 valence electrons. The van der Waals surface area contributed by atoms with Gasteiger partial charge in [-0.2, -0.15) is 0 Å². The van der Waals surface area contributed by atoms with Crippen molar-refractivity contribution >= 4 is 5.97 Å². The normalized spacial score (nSPS) is 29.4. The van der Waals surface area contributed by atoms with E-state index in [-0.39, 0.29) is 0 Å². The number of fused-ring (bicyclic) bond motifs is 1. The van der Waals surface area contributed by atoms with Crippen LogP contribution in [0.25, 0.3) is 0 Å². The van der Waals surface area contributed by atoms with E-state index in [9.17, 15) is 9.90 Å². The van der Waals surface area contributed by atoms with Crippen LogP contribution in [0.1, 0.15) is 51.3 Å². The zero-order valence-corrected chi connectivity index (χ0v) is 12.1. The molecule has 6 nitrogen and oxygen atoms in total. The summed E-state index contributed by atoms with van der Waals surface area (Å²) >= 11 is 0. The molecule has 3 unspecified atom stereocenters. The molecule has 1 aromatic rings. The highest BCUT2D eigenvalue weighted by Crippen LogP contribution is 2.62. The molecule has 0 bridgehead atoms. The van der Waals surface area contributed by atoms with Crippen LogP contribution in [0, 0.1) is 23.7 Å². The van der Waals surface area contributed by atoms with E-state index in [2.05, 4.69) is 15.5 Å². The number of nitrogens with zero attached hydrogens (tertiary/aromatic N) is 4. The second kappa shape index (κ2) is 5.14. The third-order valence-electron chi connectivity index (χ3n) is 4.76. The van der Waals surface area contributed by atoms with E-state index in [1.165, 1.54) is 19.3 Å². The van der Waals surface area contributed by atoms with Crippen LogP contribution in [-0.4, -0.2) is 31.3 Å². The van der Waals surface area contributed by atoms with Crippen molar-refractivity contribution in [2.45, 2.75) is 52.0 Å². The first-order valence-electron chi connectivity index (χ1n) is 7.56. The van der Waals surface area contributed by atoms with Crippen LogP contribution in [0.15, 0.2) is 0 Å². The molecule has 0 spiro atoms. The number of hydrogen-bond donors (Lipinski definition) is 1. The molecule has 2 saturated carbocycles. The Morgan fingerprint density at radius 1 is 1.40 bits per heavy atom. The number of aliphatic carboxylic acids is 1. The highest BCUT2D eigenvalue weighted by molar-refractivity contribution is 5.69. The van der Waals surface area contributed by atoms with Crippen molar-refractivity contribution in [1.82, 2.24) is 20.2 Å². The standard InChI is InChI=1S/C14H22N4O2/c1-8(2)6-9(14(19)20)7-18-13(15-16-17-18)12-10-4-3-5-11(10)12/h8-12H,3-7H2,1-2H3,(H,19,20). The zero-order chi connectivity index (χ0) is 14.3. The number of hydrogen-bond acceptors (Lipinski definition) is 4. The zero-order valence-electron chi connectivity index (χ0n) is 12.1.